The number of nitrogens with one attached hydrogen (secondary N) is 2. The van der Waals surface area contributed by atoms with E-state index in [0.29, 0.717) is 17.0 Å². The van der Waals surface area contributed by atoms with Crippen LogP contribution in [0, 0.1) is 5.82 Å². The lowest BCUT2D eigenvalue weighted by molar-refractivity contribution is 0.175. The maximum absolute atomic E-state index is 12.8. The number of urea groups is 1. The van der Waals surface area contributed by atoms with Crippen LogP contribution in [0.3, 0.4) is 0 Å². The molecule has 116 valence electrons. The van der Waals surface area contributed by atoms with Crippen molar-refractivity contribution in [3.05, 3.63) is 59.9 Å². The number of halogens is 1. The van der Waals surface area contributed by atoms with Crippen molar-refractivity contribution in [2.24, 2.45) is 0 Å². The van der Waals surface area contributed by atoms with E-state index >= 15 is 0 Å². The van der Waals surface area contributed by atoms with E-state index in [1.165, 1.54) is 24.3 Å². The molecule has 5 nitrogen and oxygen atoms in total. The van der Waals surface area contributed by atoms with Crippen molar-refractivity contribution in [2.45, 2.75) is 6.10 Å². The molecule has 0 heterocycles. The van der Waals surface area contributed by atoms with Gasteiger partial charge in [-0.05, 0) is 42.0 Å². The number of hydrogen-bond donors (Lipinski definition) is 3. The number of ether oxygens (including phenoxy) is 1. The summed E-state index contributed by atoms with van der Waals surface area (Å²) in [4.78, 5) is 11.7. The molecule has 0 bridgehead atoms. The second kappa shape index (κ2) is 7.42. The number of aliphatic hydroxyl groups is 1. The van der Waals surface area contributed by atoms with E-state index in [4.69, 9.17) is 4.74 Å². The maximum atomic E-state index is 12.8. The first kappa shape index (κ1) is 15.8. The molecule has 0 fully saturated rings. The summed E-state index contributed by atoms with van der Waals surface area (Å²) in [6.45, 7) is 0.0214. The summed E-state index contributed by atoms with van der Waals surface area (Å²) in [5.41, 5.74) is 1.14. The van der Waals surface area contributed by atoms with Crippen molar-refractivity contribution < 1.29 is 19.0 Å². The van der Waals surface area contributed by atoms with Gasteiger partial charge in [-0.15, -0.1) is 0 Å². The summed E-state index contributed by atoms with van der Waals surface area (Å²) in [5.74, 6) is 0.318. The number of methoxy groups -OCH3 is 1. The second-order valence-corrected chi connectivity index (χ2v) is 4.63. The molecule has 3 N–H and O–H groups in total. The topological polar surface area (TPSA) is 70.6 Å². The first-order valence-electron chi connectivity index (χ1n) is 6.71. The van der Waals surface area contributed by atoms with Crippen LogP contribution in [0.15, 0.2) is 48.5 Å². The molecule has 1 atom stereocenters. The van der Waals surface area contributed by atoms with Gasteiger partial charge in [0.25, 0.3) is 0 Å². The first-order valence-corrected chi connectivity index (χ1v) is 6.71. The van der Waals surface area contributed by atoms with E-state index < -0.39 is 12.1 Å². The van der Waals surface area contributed by atoms with Crippen LogP contribution < -0.4 is 15.4 Å². The molecular formula is C16H17FN2O3. The van der Waals surface area contributed by atoms with Gasteiger partial charge in [-0.25, -0.2) is 9.18 Å². The van der Waals surface area contributed by atoms with Crippen molar-refractivity contribution in [1.82, 2.24) is 5.32 Å². The Morgan fingerprint density at radius 3 is 2.41 bits per heavy atom. The zero-order valence-electron chi connectivity index (χ0n) is 12.0. The van der Waals surface area contributed by atoms with Gasteiger partial charge in [-0.1, -0.05) is 12.1 Å². The molecule has 0 aliphatic carbocycles. The summed E-state index contributed by atoms with van der Waals surface area (Å²) in [5, 5.41) is 15.1. The molecule has 1 unspecified atom stereocenters. The Hall–Kier alpha value is -2.60. The van der Waals surface area contributed by atoms with Crippen LogP contribution >= 0.6 is 0 Å². The van der Waals surface area contributed by atoms with E-state index in [9.17, 15) is 14.3 Å². The third kappa shape index (κ3) is 4.46. The predicted octanol–water partition coefficient (Wildman–Crippen LogP) is 2.69. The Bertz CT molecular complexity index is 614. The number of carbonyl (C=O) groups excluding carboxylic acids is 1. The van der Waals surface area contributed by atoms with Gasteiger partial charge in [0.2, 0.25) is 0 Å². The lowest BCUT2D eigenvalue weighted by Crippen LogP contribution is -2.32. The molecule has 6 heteroatoms. The minimum Gasteiger partial charge on any atom is -0.497 e. The highest BCUT2D eigenvalue weighted by Crippen LogP contribution is 2.15. The van der Waals surface area contributed by atoms with Gasteiger partial charge >= 0.3 is 6.03 Å². The highest BCUT2D eigenvalue weighted by molar-refractivity contribution is 5.89. The Balaban J connectivity index is 1.82. The van der Waals surface area contributed by atoms with Crippen molar-refractivity contribution >= 4 is 11.7 Å². The molecule has 0 aliphatic heterocycles. The predicted molar refractivity (Wildman–Crippen MR) is 81.4 cm³/mol. The lowest BCUT2D eigenvalue weighted by atomic mass is 10.1. The molecule has 0 spiro atoms. The van der Waals surface area contributed by atoms with Crippen LogP contribution in [-0.4, -0.2) is 24.8 Å². The van der Waals surface area contributed by atoms with Crippen LogP contribution in [0.2, 0.25) is 0 Å². The second-order valence-electron chi connectivity index (χ2n) is 4.63. The van der Waals surface area contributed by atoms with E-state index in [2.05, 4.69) is 10.6 Å². The Labute approximate surface area is 127 Å². The standard InChI is InChI=1S/C16H17FN2O3/c1-22-14-8-6-13(7-9-14)19-16(21)18-10-15(20)11-2-4-12(17)5-3-11/h2-9,15,20H,10H2,1H3,(H2,18,19,21). The molecule has 2 aromatic rings. The average Bonchev–Trinajstić information content (AvgIpc) is 2.54. The number of rotatable bonds is 5. The molecule has 2 aromatic carbocycles. The SMILES string of the molecule is COc1ccc(NC(=O)NCC(O)c2ccc(F)cc2)cc1. The van der Waals surface area contributed by atoms with Crippen LogP contribution in [0.1, 0.15) is 11.7 Å². The Morgan fingerprint density at radius 1 is 1.18 bits per heavy atom. The summed E-state index contributed by atoms with van der Waals surface area (Å²) < 4.78 is 17.8. The average molecular weight is 304 g/mol. The summed E-state index contributed by atoms with van der Waals surface area (Å²) in [6.07, 6.45) is -0.901. The van der Waals surface area contributed by atoms with Gasteiger partial charge < -0.3 is 20.5 Å². The zero-order chi connectivity index (χ0) is 15.9. The van der Waals surface area contributed by atoms with Crippen LogP contribution in [0.4, 0.5) is 14.9 Å². The van der Waals surface area contributed by atoms with E-state index in [0.717, 1.165) is 0 Å². The third-order valence-corrected chi connectivity index (χ3v) is 3.06. The van der Waals surface area contributed by atoms with E-state index in [1.54, 1.807) is 31.4 Å². The fourth-order valence-electron chi connectivity index (χ4n) is 1.84. The summed E-state index contributed by atoms with van der Waals surface area (Å²) in [6, 6.07) is 11.9. The highest BCUT2D eigenvalue weighted by Gasteiger charge is 2.09. The van der Waals surface area contributed by atoms with Gasteiger partial charge in [0, 0.05) is 12.2 Å². The van der Waals surface area contributed by atoms with Crippen LogP contribution in [0.25, 0.3) is 0 Å². The molecule has 0 saturated carbocycles. The monoisotopic (exact) mass is 304 g/mol. The molecular weight excluding hydrogens is 287 g/mol. The summed E-state index contributed by atoms with van der Waals surface area (Å²) >= 11 is 0. The number of amides is 2. The molecule has 22 heavy (non-hydrogen) atoms. The quantitative estimate of drug-likeness (QED) is 0.795. The van der Waals surface area contributed by atoms with Gasteiger partial charge in [0.05, 0.1) is 13.2 Å². The van der Waals surface area contributed by atoms with Gasteiger partial charge in [0.15, 0.2) is 0 Å². The van der Waals surface area contributed by atoms with Crippen molar-refractivity contribution in [1.29, 1.82) is 0 Å². The molecule has 0 radical (unpaired) electrons. The number of aliphatic hydroxyl groups excluding tert-OH is 1. The van der Waals surface area contributed by atoms with E-state index in [1.807, 2.05) is 0 Å². The molecule has 2 amide bonds. The minimum absolute atomic E-state index is 0.0214. The number of hydrogen-bond acceptors (Lipinski definition) is 3. The molecule has 0 saturated heterocycles. The normalized spacial score (nSPS) is 11.6. The third-order valence-electron chi connectivity index (χ3n) is 3.06. The van der Waals surface area contributed by atoms with Crippen molar-refractivity contribution in [3.8, 4) is 5.75 Å². The van der Waals surface area contributed by atoms with Gasteiger partial charge in [-0.2, -0.15) is 0 Å². The van der Waals surface area contributed by atoms with Crippen molar-refractivity contribution in [3.63, 3.8) is 0 Å². The Kier molecular flexibility index (Phi) is 5.32. The fourth-order valence-corrected chi connectivity index (χ4v) is 1.84. The highest BCUT2D eigenvalue weighted by atomic mass is 19.1. The number of benzene rings is 2. The van der Waals surface area contributed by atoms with Crippen molar-refractivity contribution in [2.75, 3.05) is 19.0 Å². The molecule has 0 aromatic heterocycles. The van der Waals surface area contributed by atoms with Gasteiger partial charge in [0.1, 0.15) is 11.6 Å². The maximum Gasteiger partial charge on any atom is 0.319 e. The number of carbonyl (C=O) groups is 1. The lowest BCUT2D eigenvalue weighted by Gasteiger charge is -2.13. The number of anilines is 1. The van der Waals surface area contributed by atoms with E-state index in [-0.39, 0.29) is 12.4 Å². The first-order chi connectivity index (χ1) is 10.6. The smallest absolute Gasteiger partial charge is 0.319 e. The zero-order valence-corrected chi connectivity index (χ0v) is 12.0. The summed E-state index contributed by atoms with van der Waals surface area (Å²) in [7, 11) is 1.56. The van der Waals surface area contributed by atoms with Crippen LogP contribution in [0.5, 0.6) is 5.75 Å². The minimum atomic E-state index is -0.901. The molecule has 0 aliphatic rings. The Morgan fingerprint density at radius 2 is 1.82 bits per heavy atom. The van der Waals surface area contributed by atoms with Gasteiger partial charge in [-0.3, -0.25) is 0 Å². The largest absolute Gasteiger partial charge is 0.497 e. The van der Waals surface area contributed by atoms with Crippen LogP contribution in [-0.2, 0) is 0 Å². The fraction of sp³-hybridized carbons (Fsp3) is 0.188. The molecule has 2 rings (SSSR count).